The van der Waals surface area contributed by atoms with E-state index in [9.17, 15) is 14.4 Å². The Morgan fingerprint density at radius 1 is 1.09 bits per heavy atom. The van der Waals surface area contributed by atoms with Gasteiger partial charge in [0, 0.05) is 44.4 Å². The van der Waals surface area contributed by atoms with Crippen LogP contribution >= 0.6 is 0 Å². The number of benzene rings is 2. The average molecular weight is 451 g/mol. The van der Waals surface area contributed by atoms with Crippen molar-refractivity contribution in [2.24, 2.45) is 0 Å². The molecule has 0 radical (unpaired) electrons. The van der Waals surface area contributed by atoms with E-state index >= 15 is 0 Å². The van der Waals surface area contributed by atoms with Crippen molar-refractivity contribution in [3.8, 4) is 0 Å². The molecule has 0 fully saturated rings. The van der Waals surface area contributed by atoms with Gasteiger partial charge in [-0.2, -0.15) is 0 Å². The highest BCUT2D eigenvalue weighted by molar-refractivity contribution is 6.07. The first-order valence-corrected chi connectivity index (χ1v) is 11.2. The molecule has 4 rings (SSSR count). The predicted molar refractivity (Wildman–Crippen MR) is 128 cm³/mol. The molecule has 0 aromatic heterocycles. The third kappa shape index (κ3) is 5.10. The predicted octanol–water partition coefficient (Wildman–Crippen LogP) is 4.01. The maximum Gasteiger partial charge on any atom is 0.410 e. The number of rotatable bonds is 2. The summed E-state index contributed by atoms with van der Waals surface area (Å²) in [5.74, 6) is -0.313. The smallest absolute Gasteiger partial charge is 0.410 e. The third-order valence-corrected chi connectivity index (χ3v) is 5.78. The van der Waals surface area contributed by atoms with E-state index in [1.807, 2.05) is 57.0 Å². The molecule has 0 atom stereocenters. The number of hydrogen-bond acceptors (Lipinski definition) is 5. The molecule has 0 bridgehead atoms. The second-order valence-corrected chi connectivity index (χ2v) is 9.50. The van der Waals surface area contributed by atoms with Crippen LogP contribution < -0.4 is 15.5 Å². The summed E-state index contributed by atoms with van der Waals surface area (Å²) in [5.41, 5.74) is 4.18. The monoisotopic (exact) mass is 450 g/mol. The summed E-state index contributed by atoms with van der Waals surface area (Å²) in [6.45, 7) is 7.13. The number of nitrogens with zero attached hydrogens (tertiary/aromatic N) is 2. The van der Waals surface area contributed by atoms with Crippen molar-refractivity contribution in [3.05, 3.63) is 53.1 Å². The first kappa shape index (κ1) is 22.6. The molecule has 2 aromatic rings. The van der Waals surface area contributed by atoms with E-state index in [-0.39, 0.29) is 17.9 Å². The van der Waals surface area contributed by atoms with Crippen molar-refractivity contribution in [3.63, 3.8) is 0 Å². The molecule has 0 saturated carbocycles. The van der Waals surface area contributed by atoms with Gasteiger partial charge in [-0.15, -0.1) is 0 Å². The maximum atomic E-state index is 13.0. The van der Waals surface area contributed by atoms with Crippen LogP contribution in [0.2, 0.25) is 0 Å². The molecule has 2 N–H and O–H groups in total. The molecule has 2 aliphatic heterocycles. The minimum atomic E-state index is -0.546. The number of fused-ring (bicyclic) bond motifs is 2. The molecule has 33 heavy (non-hydrogen) atoms. The highest BCUT2D eigenvalue weighted by Crippen LogP contribution is 2.31. The number of nitrogens with one attached hydrogen (secondary N) is 2. The molecule has 2 aliphatic rings. The molecule has 3 amide bonds. The first-order chi connectivity index (χ1) is 15.6. The van der Waals surface area contributed by atoms with Gasteiger partial charge in [-0.1, -0.05) is 12.1 Å². The number of anilines is 3. The van der Waals surface area contributed by atoms with Gasteiger partial charge in [-0.3, -0.25) is 9.59 Å². The van der Waals surface area contributed by atoms with Gasteiger partial charge in [0.15, 0.2) is 0 Å². The van der Waals surface area contributed by atoms with Gasteiger partial charge in [0.2, 0.25) is 5.91 Å². The Labute approximate surface area is 193 Å². The van der Waals surface area contributed by atoms with Crippen LogP contribution in [0.15, 0.2) is 36.4 Å². The summed E-state index contributed by atoms with van der Waals surface area (Å²) >= 11 is 0. The Hall–Kier alpha value is -3.55. The Morgan fingerprint density at radius 3 is 2.64 bits per heavy atom. The lowest BCUT2D eigenvalue weighted by Crippen LogP contribution is -2.40. The van der Waals surface area contributed by atoms with Crippen molar-refractivity contribution in [1.29, 1.82) is 0 Å². The molecular weight excluding hydrogens is 420 g/mol. The normalized spacial score (nSPS) is 15.7. The zero-order valence-electron chi connectivity index (χ0n) is 19.5. The largest absolute Gasteiger partial charge is 0.444 e. The number of carbonyl (C=O) groups is 3. The lowest BCUT2D eigenvalue weighted by Gasteiger charge is -2.32. The molecule has 0 unspecified atom stereocenters. The van der Waals surface area contributed by atoms with E-state index in [2.05, 4.69) is 10.6 Å². The van der Waals surface area contributed by atoms with Gasteiger partial charge in [0.05, 0.1) is 11.4 Å². The molecule has 174 valence electrons. The fourth-order valence-electron chi connectivity index (χ4n) is 4.12. The van der Waals surface area contributed by atoms with E-state index in [0.29, 0.717) is 43.7 Å². The van der Waals surface area contributed by atoms with Crippen LogP contribution in [0.1, 0.15) is 48.7 Å². The standard InChI is InChI=1S/C25H30N4O4/c1-25(2,3)33-24(32)29-13-10-18-17(15-29)6-5-7-19(18)27-23(31)16-8-9-21-20(14-16)26-22(30)11-12-28(21)4/h5-9,14H,10-13,15H2,1-4H3,(H,26,30)(H,27,31). The quantitative estimate of drug-likeness (QED) is 0.721. The van der Waals surface area contributed by atoms with E-state index in [1.54, 1.807) is 17.0 Å². The fourth-order valence-corrected chi connectivity index (χ4v) is 4.12. The summed E-state index contributed by atoms with van der Waals surface area (Å²) in [7, 11) is 1.93. The summed E-state index contributed by atoms with van der Waals surface area (Å²) in [6, 6.07) is 11.0. The maximum absolute atomic E-state index is 13.0. The van der Waals surface area contributed by atoms with Gasteiger partial charge in [-0.25, -0.2) is 4.79 Å². The van der Waals surface area contributed by atoms with E-state index in [4.69, 9.17) is 4.74 Å². The Kier molecular flexibility index (Phi) is 6.01. The summed E-state index contributed by atoms with van der Waals surface area (Å²) in [4.78, 5) is 41.2. The van der Waals surface area contributed by atoms with E-state index in [0.717, 1.165) is 22.5 Å². The van der Waals surface area contributed by atoms with Crippen LogP contribution in [-0.4, -0.2) is 48.5 Å². The number of ether oxygens (including phenoxy) is 1. The summed E-state index contributed by atoms with van der Waals surface area (Å²) < 4.78 is 5.50. The fraction of sp³-hybridized carbons (Fsp3) is 0.400. The van der Waals surface area contributed by atoms with Gasteiger partial charge >= 0.3 is 6.09 Å². The third-order valence-electron chi connectivity index (χ3n) is 5.78. The zero-order chi connectivity index (χ0) is 23.8. The molecule has 0 spiro atoms. The minimum absolute atomic E-state index is 0.0650. The lowest BCUT2D eigenvalue weighted by molar-refractivity contribution is -0.115. The first-order valence-electron chi connectivity index (χ1n) is 11.2. The van der Waals surface area contributed by atoms with Crippen LogP contribution in [0.25, 0.3) is 0 Å². The Bertz CT molecular complexity index is 1110. The Morgan fingerprint density at radius 2 is 1.88 bits per heavy atom. The molecule has 8 heteroatoms. The number of carbonyl (C=O) groups excluding carboxylic acids is 3. The average Bonchev–Trinajstić information content (AvgIpc) is 2.89. The van der Waals surface area contributed by atoms with Crippen molar-refractivity contribution >= 4 is 35.0 Å². The van der Waals surface area contributed by atoms with Crippen LogP contribution in [0.3, 0.4) is 0 Å². The second kappa shape index (κ2) is 8.77. The SMILES string of the molecule is CN1CCC(=O)Nc2cc(C(=O)Nc3cccc4c3CCN(C(=O)OC(C)(C)C)C4)ccc21. The van der Waals surface area contributed by atoms with Crippen LogP contribution in [0.5, 0.6) is 0 Å². The van der Waals surface area contributed by atoms with Gasteiger partial charge in [-0.05, 0) is 62.6 Å². The molecule has 2 aromatic carbocycles. The van der Waals surface area contributed by atoms with E-state index < -0.39 is 5.60 Å². The lowest BCUT2D eigenvalue weighted by atomic mass is 9.97. The van der Waals surface area contributed by atoms with Gasteiger partial charge in [0.25, 0.3) is 5.91 Å². The second-order valence-electron chi connectivity index (χ2n) is 9.50. The highest BCUT2D eigenvalue weighted by atomic mass is 16.6. The molecular formula is C25H30N4O4. The van der Waals surface area contributed by atoms with Crippen LogP contribution in [0.4, 0.5) is 21.9 Å². The van der Waals surface area contributed by atoms with Gasteiger partial charge < -0.3 is 25.2 Å². The van der Waals surface area contributed by atoms with Gasteiger partial charge in [0.1, 0.15) is 5.60 Å². The summed E-state index contributed by atoms with van der Waals surface area (Å²) in [5, 5.41) is 5.90. The van der Waals surface area contributed by atoms with Crippen molar-refractivity contribution in [1.82, 2.24) is 4.90 Å². The minimum Gasteiger partial charge on any atom is -0.444 e. The van der Waals surface area contributed by atoms with E-state index in [1.165, 1.54) is 0 Å². The van der Waals surface area contributed by atoms with Crippen LogP contribution in [-0.2, 0) is 22.5 Å². The highest BCUT2D eigenvalue weighted by Gasteiger charge is 2.27. The number of amides is 3. The molecule has 0 aliphatic carbocycles. The molecule has 2 heterocycles. The topological polar surface area (TPSA) is 91.0 Å². The molecule has 0 saturated heterocycles. The summed E-state index contributed by atoms with van der Waals surface area (Å²) in [6.07, 6.45) is 0.693. The van der Waals surface area contributed by atoms with Crippen LogP contribution in [0, 0.1) is 0 Å². The Balaban J connectivity index is 1.51. The van der Waals surface area contributed by atoms with Crippen molar-refractivity contribution in [2.75, 3.05) is 35.7 Å². The zero-order valence-corrected chi connectivity index (χ0v) is 19.5. The number of hydrogen-bond donors (Lipinski definition) is 2. The molecule has 8 nitrogen and oxygen atoms in total. The van der Waals surface area contributed by atoms with Crippen molar-refractivity contribution < 1.29 is 19.1 Å². The van der Waals surface area contributed by atoms with Crippen molar-refractivity contribution in [2.45, 2.75) is 45.8 Å².